The van der Waals surface area contributed by atoms with Gasteiger partial charge in [0.15, 0.2) is 0 Å². The van der Waals surface area contributed by atoms with E-state index in [9.17, 15) is 9.59 Å². The first-order valence-electron chi connectivity index (χ1n) is 8.96. The summed E-state index contributed by atoms with van der Waals surface area (Å²) in [6, 6.07) is 10.8. The van der Waals surface area contributed by atoms with Gasteiger partial charge < -0.3 is 14.1 Å². The number of benzene rings is 1. The Bertz CT molecular complexity index is 1060. The maximum Gasteiger partial charge on any atom is 0.355 e. The number of furan rings is 1. The molecule has 0 atom stereocenters. The molecule has 0 radical (unpaired) electrons. The van der Waals surface area contributed by atoms with Gasteiger partial charge in [0.25, 0.3) is 5.91 Å². The van der Waals surface area contributed by atoms with E-state index in [2.05, 4.69) is 15.5 Å². The van der Waals surface area contributed by atoms with Gasteiger partial charge in [-0.1, -0.05) is 11.6 Å². The first kappa shape index (κ1) is 20.4. The Morgan fingerprint density at radius 2 is 1.93 bits per heavy atom. The molecule has 0 aliphatic heterocycles. The zero-order chi connectivity index (χ0) is 21.0. The number of carbonyl (C=O) groups is 2. The van der Waals surface area contributed by atoms with Crippen LogP contribution in [-0.4, -0.2) is 29.7 Å². The summed E-state index contributed by atoms with van der Waals surface area (Å²) < 4.78 is 10.7. The van der Waals surface area contributed by atoms with Crippen LogP contribution in [0.2, 0.25) is 5.02 Å². The molecular formula is C21H20ClN3O4. The van der Waals surface area contributed by atoms with Gasteiger partial charge in [0.2, 0.25) is 0 Å². The Kier molecular flexibility index (Phi) is 6.19. The summed E-state index contributed by atoms with van der Waals surface area (Å²) in [5.41, 5.74) is 5.01. The highest BCUT2D eigenvalue weighted by Crippen LogP contribution is 2.23. The van der Waals surface area contributed by atoms with Crippen molar-refractivity contribution < 1.29 is 18.7 Å². The Labute approximate surface area is 172 Å². The fraction of sp³-hybridized carbons (Fsp3) is 0.190. The van der Waals surface area contributed by atoms with Crippen LogP contribution in [0.4, 0.5) is 0 Å². The van der Waals surface area contributed by atoms with Crippen LogP contribution in [0.3, 0.4) is 0 Å². The van der Waals surface area contributed by atoms with Gasteiger partial charge in [-0.2, -0.15) is 5.10 Å². The number of amides is 1. The largest absolute Gasteiger partial charge is 0.461 e. The van der Waals surface area contributed by atoms with Gasteiger partial charge in [-0.3, -0.25) is 4.79 Å². The van der Waals surface area contributed by atoms with Crippen LogP contribution in [0.25, 0.3) is 11.3 Å². The summed E-state index contributed by atoms with van der Waals surface area (Å²) in [5.74, 6) is 0.198. The Morgan fingerprint density at radius 1 is 1.21 bits per heavy atom. The van der Waals surface area contributed by atoms with Crippen LogP contribution in [0.5, 0.6) is 0 Å². The van der Waals surface area contributed by atoms with Crippen molar-refractivity contribution in [3.8, 4) is 11.3 Å². The molecule has 0 fully saturated rings. The monoisotopic (exact) mass is 413 g/mol. The van der Waals surface area contributed by atoms with E-state index in [0.717, 1.165) is 5.56 Å². The summed E-state index contributed by atoms with van der Waals surface area (Å²) in [5, 5.41) is 4.59. The van der Waals surface area contributed by atoms with Gasteiger partial charge in [-0.05, 0) is 62.7 Å². The third-order valence-electron chi connectivity index (χ3n) is 4.26. The summed E-state index contributed by atoms with van der Waals surface area (Å²) in [4.78, 5) is 27.3. The molecular weight excluding hydrogens is 394 g/mol. The number of rotatable bonds is 6. The first-order valence-corrected chi connectivity index (χ1v) is 9.34. The van der Waals surface area contributed by atoms with Crippen LogP contribution in [-0.2, 0) is 4.74 Å². The van der Waals surface area contributed by atoms with E-state index in [1.165, 1.54) is 6.21 Å². The van der Waals surface area contributed by atoms with Crippen molar-refractivity contribution in [2.24, 2.45) is 5.10 Å². The highest BCUT2D eigenvalue weighted by Gasteiger charge is 2.22. The summed E-state index contributed by atoms with van der Waals surface area (Å²) in [6.07, 6.45) is 1.40. The maximum absolute atomic E-state index is 12.5. The molecule has 3 aromatic rings. The van der Waals surface area contributed by atoms with Crippen molar-refractivity contribution in [2.75, 3.05) is 6.61 Å². The van der Waals surface area contributed by atoms with E-state index in [0.29, 0.717) is 33.4 Å². The van der Waals surface area contributed by atoms with Crippen molar-refractivity contribution in [1.82, 2.24) is 10.4 Å². The Morgan fingerprint density at radius 3 is 2.62 bits per heavy atom. The lowest BCUT2D eigenvalue weighted by Crippen LogP contribution is -2.19. The maximum atomic E-state index is 12.5. The van der Waals surface area contributed by atoms with E-state index in [1.54, 1.807) is 45.0 Å². The number of halogens is 1. The second-order valence-electron chi connectivity index (χ2n) is 6.25. The quantitative estimate of drug-likeness (QED) is 0.353. The summed E-state index contributed by atoms with van der Waals surface area (Å²) in [7, 11) is 0. The zero-order valence-electron chi connectivity index (χ0n) is 16.2. The number of ether oxygens (including phenoxy) is 1. The van der Waals surface area contributed by atoms with Crippen LogP contribution < -0.4 is 5.43 Å². The average molecular weight is 414 g/mol. The SMILES string of the molecule is CCOC(=O)c1[nH]c(C)c(C(=O)N/N=C/c2ccc(-c3ccc(Cl)cc3)o2)c1C. The van der Waals surface area contributed by atoms with Gasteiger partial charge in [0, 0.05) is 16.3 Å². The second-order valence-corrected chi connectivity index (χ2v) is 6.69. The number of aryl methyl sites for hydroxylation is 1. The van der Waals surface area contributed by atoms with Crippen LogP contribution in [0.1, 0.15) is 44.8 Å². The fourth-order valence-corrected chi connectivity index (χ4v) is 3.03. The standard InChI is InChI=1S/C21H20ClN3O4/c1-4-28-21(27)19-12(2)18(13(3)24-19)20(26)25-23-11-16-9-10-17(29-16)14-5-7-15(22)8-6-14/h5-11,24H,4H2,1-3H3,(H,25,26)/b23-11+. The number of nitrogens with zero attached hydrogens (tertiary/aromatic N) is 1. The molecule has 29 heavy (non-hydrogen) atoms. The molecule has 2 aromatic heterocycles. The molecule has 150 valence electrons. The number of hydrazone groups is 1. The van der Waals surface area contributed by atoms with Crippen molar-refractivity contribution >= 4 is 29.7 Å². The van der Waals surface area contributed by atoms with Gasteiger partial charge in [-0.25, -0.2) is 10.2 Å². The number of H-pyrrole nitrogens is 1. The minimum absolute atomic E-state index is 0.253. The highest BCUT2D eigenvalue weighted by molar-refractivity contribution is 6.30. The van der Waals surface area contributed by atoms with Crippen molar-refractivity contribution in [1.29, 1.82) is 0 Å². The Balaban J connectivity index is 1.69. The van der Waals surface area contributed by atoms with E-state index >= 15 is 0 Å². The molecule has 8 heteroatoms. The zero-order valence-corrected chi connectivity index (χ0v) is 17.0. The molecule has 0 saturated carbocycles. The first-order chi connectivity index (χ1) is 13.9. The summed E-state index contributed by atoms with van der Waals surface area (Å²) in [6.45, 7) is 5.36. The number of aromatic nitrogens is 1. The molecule has 0 aliphatic rings. The third kappa shape index (κ3) is 4.57. The Hall–Kier alpha value is -3.32. The van der Waals surface area contributed by atoms with Crippen LogP contribution >= 0.6 is 11.6 Å². The number of hydrogen-bond donors (Lipinski definition) is 2. The lowest BCUT2D eigenvalue weighted by atomic mass is 10.1. The average Bonchev–Trinajstić information content (AvgIpc) is 3.27. The predicted molar refractivity (Wildman–Crippen MR) is 110 cm³/mol. The van der Waals surface area contributed by atoms with Crippen molar-refractivity contribution in [3.05, 3.63) is 69.7 Å². The van der Waals surface area contributed by atoms with E-state index in [-0.39, 0.29) is 12.3 Å². The smallest absolute Gasteiger partial charge is 0.355 e. The van der Waals surface area contributed by atoms with E-state index in [4.69, 9.17) is 20.8 Å². The van der Waals surface area contributed by atoms with Gasteiger partial charge >= 0.3 is 5.97 Å². The molecule has 0 aliphatic carbocycles. The molecule has 0 bridgehead atoms. The summed E-state index contributed by atoms with van der Waals surface area (Å²) >= 11 is 5.89. The minimum Gasteiger partial charge on any atom is -0.461 e. The number of carbonyl (C=O) groups excluding carboxylic acids is 2. The number of nitrogens with one attached hydrogen (secondary N) is 2. The predicted octanol–water partition coefficient (Wildman–Crippen LogP) is 4.49. The highest BCUT2D eigenvalue weighted by atomic mass is 35.5. The van der Waals surface area contributed by atoms with Crippen molar-refractivity contribution in [2.45, 2.75) is 20.8 Å². The molecule has 1 aromatic carbocycles. The molecule has 0 saturated heterocycles. The molecule has 0 unspecified atom stereocenters. The van der Waals surface area contributed by atoms with Gasteiger partial charge in [-0.15, -0.1) is 0 Å². The lowest BCUT2D eigenvalue weighted by molar-refractivity contribution is 0.0519. The van der Waals surface area contributed by atoms with E-state index in [1.807, 2.05) is 12.1 Å². The molecule has 7 nitrogen and oxygen atoms in total. The number of hydrogen-bond acceptors (Lipinski definition) is 5. The fourth-order valence-electron chi connectivity index (χ4n) is 2.90. The molecule has 2 heterocycles. The van der Waals surface area contributed by atoms with Crippen molar-refractivity contribution in [3.63, 3.8) is 0 Å². The molecule has 3 rings (SSSR count). The number of aromatic amines is 1. The molecule has 0 spiro atoms. The normalized spacial score (nSPS) is 11.0. The third-order valence-corrected chi connectivity index (χ3v) is 4.51. The van der Waals surface area contributed by atoms with Gasteiger partial charge in [0.05, 0.1) is 18.4 Å². The second kappa shape index (κ2) is 8.79. The topological polar surface area (TPSA) is 96.7 Å². The number of esters is 1. The lowest BCUT2D eigenvalue weighted by Gasteiger charge is -2.02. The molecule has 2 N–H and O–H groups in total. The molecule has 1 amide bonds. The van der Waals surface area contributed by atoms with Crippen LogP contribution in [0, 0.1) is 13.8 Å². The van der Waals surface area contributed by atoms with Crippen LogP contribution in [0.15, 0.2) is 45.9 Å². The minimum atomic E-state index is -0.499. The van der Waals surface area contributed by atoms with Gasteiger partial charge in [0.1, 0.15) is 17.2 Å². The van der Waals surface area contributed by atoms with E-state index < -0.39 is 11.9 Å².